The van der Waals surface area contributed by atoms with E-state index in [0.29, 0.717) is 5.69 Å². The number of rotatable bonds is 8. The maximum atomic E-state index is 14.9. The minimum atomic E-state index is -1.24. The van der Waals surface area contributed by atoms with Crippen LogP contribution in [0.3, 0.4) is 0 Å². The molecule has 1 aliphatic heterocycles. The Labute approximate surface area is 244 Å². The Balaban J connectivity index is 1.81. The van der Waals surface area contributed by atoms with Crippen molar-refractivity contribution in [2.45, 2.75) is 55.5 Å². The molecule has 2 aromatic heterocycles. The van der Waals surface area contributed by atoms with E-state index in [9.17, 15) is 23.9 Å². The standard InChI is InChI=1S/C23H21Cl2FN4O8S2/c1-9(31)35-7-17-20(36-10(2)32)19(30-6-15(28-29-30)16-8-39-23(34)27-16)21(37-11(3)33)22(38-17)40-18-5-13(25)12(24)4-14(18)26/h4-6,8,17,19-22H,7H2,1-3H3,(H,27,34)/t17-,19+,20+,21-,22-/m1/s1. The van der Waals surface area contributed by atoms with Crippen molar-refractivity contribution in [3.63, 3.8) is 0 Å². The average Bonchev–Trinajstić information content (AvgIpc) is 3.51. The summed E-state index contributed by atoms with van der Waals surface area (Å²) in [6.07, 6.45) is -2.12. The SMILES string of the molecule is CC(=O)OC[C@H]1O[C@H](Sc2cc(Cl)c(Cl)cc2F)[C@H](OC(C)=O)[C@@H](n2cc(-c3csc(O)n3)nn2)[C@H]1OC(C)=O. The van der Waals surface area contributed by atoms with E-state index in [0.717, 1.165) is 43.0 Å². The topological polar surface area (TPSA) is 152 Å². The first kappa shape index (κ1) is 30.0. The smallest absolute Gasteiger partial charge is 0.303 e. The van der Waals surface area contributed by atoms with Gasteiger partial charge in [0, 0.05) is 31.0 Å². The zero-order chi connectivity index (χ0) is 29.1. The van der Waals surface area contributed by atoms with Crippen LogP contribution < -0.4 is 0 Å². The zero-order valence-electron chi connectivity index (χ0n) is 20.9. The van der Waals surface area contributed by atoms with Crippen molar-refractivity contribution in [1.29, 1.82) is 0 Å². The van der Waals surface area contributed by atoms with E-state index in [4.69, 9.17) is 42.1 Å². The quantitative estimate of drug-likeness (QED) is 0.216. The highest BCUT2D eigenvalue weighted by Gasteiger charge is 2.52. The number of benzene rings is 1. The number of carbonyl (C=O) groups is 3. The van der Waals surface area contributed by atoms with Crippen LogP contribution in [0, 0.1) is 5.82 Å². The predicted octanol–water partition coefficient (Wildman–Crippen LogP) is 4.04. The average molecular weight is 635 g/mol. The lowest BCUT2D eigenvalue weighted by Crippen LogP contribution is -2.57. The Kier molecular flexibility index (Phi) is 9.51. The summed E-state index contributed by atoms with van der Waals surface area (Å²) in [4.78, 5) is 40.0. The molecule has 1 aromatic carbocycles. The molecule has 0 spiro atoms. The summed E-state index contributed by atoms with van der Waals surface area (Å²) in [5, 5.41) is 19.3. The molecular formula is C23H21Cl2FN4O8S2. The monoisotopic (exact) mass is 634 g/mol. The number of nitrogens with zero attached hydrogens (tertiary/aromatic N) is 4. The summed E-state index contributed by atoms with van der Waals surface area (Å²) in [6.45, 7) is 3.15. The van der Waals surface area contributed by atoms with Gasteiger partial charge >= 0.3 is 17.9 Å². The van der Waals surface area contributed by atoms with Gasteiger partial charge in [-0.1, -0.05) is 51.5 Å². The van der Waals surface area contributed by atoms with Crippen LogP contribution in [0.25, 0.3) is 11.4 Å². The van der Waals surface area contributed by atoms with Crippen molar-refractivity contribution in [2.24, 2.45) is 0 Å². The van der Waals surface area contributed by atoms with Gasteiger partial charge in [0.05, 0.1) is 16.2 Å². The van der Waals surface area contributed by atoms with Gasteiger partial charge in [-0.3, -0.25) is 14.4 Å². The van der Waals surface area contributed by atoms with Gasteiger partial charge in [0.2, 0.25) is 0 Å². The van der Waals surface area contributed by atoms with E-state index in [1.807, 2.05) is 0 Å². The lowest BCUT2D eigenvalue weighted by atomic mass is 9.96. The number of aromatic hydroxyl groups is 1. The maximum Gasteiger partial charge on any atom is 0.303 e. The Bertz CT molecular complexity index is 1420. The molecule has 0 radical (unpaired) electrons. The van der Waals surface area contributed by atoms with Crippen LogP contribution in [-0.4, -0.2) is 73.3 Å². The summed E-state index contributed by atoms with van der Waals surface area (Å²) in [7, 11) is 0. The number of carbonyl (C=O) groups excluding carboxylic acids is 3. The van der Waals surface area contributed by atoms with Crippen LogP contribution in [0.5, 0.6) is 5.19 Å². The van der Waals surface area contributed by atoms with Crippen molar-refractivity contribution in [3.05, 3.63) is 39.6 Å². The summed E-state index contributed by atoms with van der Waals surface area (Å²) in [6, 6.07) is 1.21. The number of ether oxygens (including phenoxy) is 4. The van der Waals surface area contributed by atoms with Crippen LogP contribution in [0.1, 0.15) is 26.8 Å². The Morgan fingerprint density at radius 3 is 2.40 bits per heavy atom. The zero-order valence-corrected chi connectivity index (χ0v) is 24.1. The predicted molar refractivity (Wildman–Crippen MR) is 141 cm³/mol. The number of hydrogen-bond donors (Lipinski definition) is 1. The molecule has 0 aliphatic carbocycles. The van der Waals surface area contributed by atoms with Crippen molar-refractivity contribution < 1.29 is 42.8 Å². The van der Waals surface area contributed by atoms with Gasteiger partial charge in [-0.15, -0.1) is 5.10 Å². The summed E-state index contributed by atoms with van der Waals surface area (Å²) in [5.74, 6) is -2.77. The summed E-state index contributed by atoms with van der Waals surface area (Å²) < 4.78 is 38.7. The van der Waals surface area contributed by atoms with Crippen molar-refractivity contribution in [3.8, 4) is 16.6 Å². The minimum Gasteiger partial charge on any atom is -0.486 e. The first-order chi connectivity index (χ1) is 18.9. The van der Waals surface area contributed by atoms with Crippen molar-refractivity contribution in [1.82, 2.24) is 20.0 Å². The second-order valence-electron chi connectivity index (χ2n) is 8.40. The summed E-state index contributed by atoms with van der Waals surface area (Å²) >= 11 is 13.8. The molecule has 0 bridgehead atoms. The Morgan fingerprint density at radius 1 is 1.10 bits per heavy atom. The molecule has 1 saturated heterocycles. The summed E-state index contributed by atoms with van der Waals surface area (Å²) in [5.41, 5.74) is -0.583. The third kappa shape index (κ3) is 7.01. The molecule has 3 aromatic rings. The van der Waals surface area contributed by atoms with E-state index in [1.165, 1.54) is 23.9 Å². The molecule has 1 fully saturated rings. The number of aromatic nitrogens is 4. The fourth-order valence-corrected chi connectivity index (χ4v) is 6.00. The Morgan fingerprint density at radius 2 is 1.77 bits per heavy atom. The van der Waals surface area contributed by atoms with Gasteiger partial charge in [0.25, 0.3) is 5.19 Å². The van der Waals surface area contributed by atoms with Gasteiger partial charge in [-0.05, 0) is 12.1 Å². The van der Waals surface area contributed by atoms with E-state index in [-0.39, 0.29) is 32.4 Å². The molecule has 5 atom stereocenters. The molecule has 214 valence electrons. The second kappa shape index (κ2) is 12.7. The van der Waals surface area contributed by atoms with Gasteiger partial charge in [-0.25, -0.2) is 14.1 Å². The number of thiazole rings is 1. The molecule has 3 heterocycles. The number of thioether (sulfide) groups is 1. The molecular weight excluding hydrogens is 614 g/mol. The molecule has 40 heavy (non-hydrogen) atoms. The molecule has 0 amide bonds. The molecule has 17 heteroatoms. The third-order valence-corrected chi connectivity index (χ3v) is 8.00. The van der Waals surface area contributed by atoms with Gasteiger partial charge in [0.15, 0.2) is 12.2 Å². The van der Waals surface area contributed by atoms with Crippen molar-refractivity contribution in [2.75, 3.05) is 6.61 Å². The van der Waals surface area contributed by atoms with Gasteiger partial charge < -0.3 is 24.1 Å². The van der Waals surface area contributed by atoms with Gasteiger partial charge in [0.1, 0.15) is 41.4 Å². The van der Waals surface area contributed by atoms with Crippen molar-refractivity contribution >= 4 is 64.2 Å². The molecule has 4 rings (SSSR count). The van der Waals surface area contributed by atoms with E-state index in [2.05, 4.69) is 15.3 Å². The Hall–Kier alpha value is -2.98. The van der Waals surface area contributed by atoms with Crippen LogP contribution >= 0.6 is 46.3 Å². The number of hydrogen-bond acceptors (Lipinski definition) is 13. The first-order valence-corrected chi connectivity index (χ1v) is 14.0. The van der Waals surface area contributed by atoms with Gasteiger partial charge in [-0.2, -0.15) is 0 Å². The lowest BCUT2D eigenvalue weighted by molar-refractivity contribution is -0.212. The lowest BCUT2D eigenvalue weighted by Gasteiger charge is -2.44. The normalized spacial score (nSPS) is 22.5. The largest absolute Gasteiger partial charge is 0.486 e. The highest BCUT2D eigenvalue weighted by Crippen LogP contribution is 2.43. The van der Waals surface area contributed by atoms with E-state index in [1.54, 1.807) is 5.38 Å². The van der Waals surface area contributed by atoms with Crippen LogP contribution in [0.15, 0.2) is 28.6 Å². The highest BCUT2D eigenvalue weighted by molar-refractivity contribution is 7.99. The first-order valence-electron chi connectivity index (χ1n) is 11.4. The number of halogens is 3. The number of esters is 3. The molecule has 1 N–H and O–H groups in total. The van der Waals surface area contributed by atoms with Crippen LogP contribution in [0.2, 0.25) is 10.0 Å². The van der Waals surface area contributed by atoms with Crippen LogP contribution in [0.4, 0.5) is 4.39 Å². The maximum absolute atomic E-state index is 14.9. The molecule has 0 unspecified atom stereocenters. The molecule has 1 aliphatic rings. The fraction of sp³-hybridized carbons (Fsp3) is 0.391. The second-order valence-corrected chi connectivity index (χ2v) is 11.2. The highest BCUT2D eigenvalue weighted by atomic mass is 35.5. The van der Waals surface area contributed by atoms with E-state index >= 15 is 0 Å². The van der Waals surface area contributed by atoms with E-state index < -0.39 is 53.5 Å². The third-order valence-electron chi connectivity index (χ3n) is 5.46. The minimum absolute atomic E-state index is 0.00614. The molecule has 0 saturated carbocycles. The fourth-order valence-electron chi connectivity index (χ4n) is 3.92. The molecule has 12 nitrogen and oxygen atoms in total. The van der Waals surface area contributed by atoms with Crippen LogP contribution in [-0.2, 0) is 33.3 Å².